The Bertz CT molecular complexity index is 728. The summed E-state index contributed by atoms with van der Waals surface area (Å²) >= 11 is 4.52. The number of carbonyl (C=O) groups is 1. The lowest BCUT2D eigenvalue weighted by Gasteiger charge is -2.16. The van der Waals surface area contributed by atoms with Crippen LogP contribution in [0.2, 0.25) is 0 Å². The first-order valence-electron chi connectivity index (χ1n) is 9.22. The minimum Gasteiger partial charge on any atom is -0.490 e. The summed E-state index contributed by atoms with van der Waals surface area (Å²) < 4.78 is 18.5. The van der Waals surface area contributed by atoms with Gasteiger partial charge in [-0.25, -0.2) is 4.79 Å². The van der Waals surface area contributed by atoms with Crippen molar-refractivity contribution in [2.45, 2.75) is 51.3 Å². The number of hydrogen-bond acceptors (Lipinski definition) is 4. The Balaban J connectivity index is 0.000000892. The molecule has 0 amide bonds. The normalized spacial score (nSPS) is 10.3. The lowest BCUT2D eigenvalue weighted by atomic mass is 10.2. The summed E-state index contributed by atoms with van der Waals surface area (Å²) in [6.07, 6.45) is -0.00191. The zero-order valence-corrected chi connectivity index (χ0v) is 21.3. The molecular weight excluding hydrogens is 582 g/mol. The fraction of sp³-hybridized carbons (Fsp3) is 0.409. The number of rotatable bonds is 7. The highest BCUT2D eigenvalue weighted by Gasteiger charge is 2.17. The topological polar surface area (TPSA) is 44.8 Å². The van der Waals surface area contributed by atoms with Crippen LogP contribution in [-0.4, -0.2) is 22.6 Å². The zero-order chi connectivity index (χ0) is 21.1. The van der Waals surface area contributed by atoms with Gasteiger partial charge in [0.1, 0.15) is 18.1 Å². The Morgan fingerprint density at radius 3 is 2.14 bits per heavy atom. The molecule has 0 aliphatic carbocycles. The molecule has 0 fully saturated rings. The molecule has 0 atom stereocenters. The molecule has 0 aliphatic rings. The van der Waals surface area contributed by atoms with Gasteiger partial charge in [-0.1, -0.05) is 66.8 Å². The third-order valence-electron chi connectivity index (χ3n) is 3.12. The SMILES string of the molecule is CC(C)I.CCOC(=O)c1cc(OCc2ccccc2)c(I)c(OC(C)C)c1. The molecule has 4 nitrogen and oxygen atoms in total. The van der Waals surface area contributed by atoms with Crippen LogP contribution in [0.3, 0.4) is 0 Å². The van der Waals surface area contributed by atoms with E-state index in [9.17, 15) is 4.79 Å². The Labute approximate surface area is 195 Å². The molecule has 0 aliphatic heterocycles. The van der Waals surface area contributed by atoms with E-state index in [2.05, 4.69) is 59.0 Å². The summed E-state index contributed by atoms with van der Waals surface area (Å²) in [5.74, 6) is 0.854. The summed E-state index contributed by atoms with van der Waals surface area (Å²) in [5, 5.41) is 0. The highest BCUT2D eigenvalue weighted by atomic mass is 127. The molecule has 0 aromatic heterocycles. The van der Waals surface area contributed by atoms with Crippen LogP contribution in [0, 0.1) is 3.57 Å². The Morgan fingerprint density at radius 1 is 1.04 bits per heavy atom. The summed E-state index contributed by atoms with van der Waals surface area (Å²) in [6.45, 7) is 10.7. The quantitative estimate of drug-likeness (QED) is 0.200. The van der Waals surface area contributed by atoms with Gasteiger partial charge in [-0.3, -0.25) is 0 Å². The molecule has 2 aromatic carbocycles. The van der Waals surface area contributed by atoms with Crippen molar-refractivity contribution in [3.63, 3.8) is 0 Å². The summed E-state index contributed by atoms with van der Waals surface area (Å²) in [4.78, 5) is 12.1. The minimum absolute atomic E-state index is 0.00191. The minimum atomic E-state index is -0.382. The second-order valence-corrected chi connectivity index (χ2v) is 10.0. The number of ether oxygens (including phenoxy) is 3. The maximum atomic E-state index is 12.1. The summed E-state index contributed by atoms with van der Waals surface area (Å²) in [5.41, 5.74) is 1.48. The summed E-state index contributed by atoms with van der Waals surface area (Å²) in [6, 6.07) is 13.3. The van der Waals surface area contributed by atoms with Gasteiger partial charge in [0.15, 0.2) is 0 Å². The largest absolute Gasteiger partial charge is 0.490 e. The van der Waals surface area contributed by atoms with Crippen LogP contribution < -0.4 is 9.47 Å². The molecule has 0 N–H and O–H groups in total. The highest BCUT2D eigenvalue weighted by molar-refractivity contribution is 14.1. The molecule has 2 rings (SSSR count). The van der Waals surface area contributed by atoms with E-state index in [0.29, 0.717) is 30.3 Å². The molecule has 0 heterocycles. The Hall–Kier alpha value is -1.03. The maximum Gasteiger partial charge on any atom is 0.338 e. The average molecular weight is 610 g/mol. The fourth-order valence-electron chi connectivity index (χ4n) is 2.08. The average Bonchev–Trinajstić information content (AvgIpc) is 2.62. The number of halogens is 2. The van der Waals surface area contributed by atoms with Crippen molar-refractivity contribution in [3.05, 3.63) is 57.2 Å². The molecular formula is C22H28I2O4. The van der Waals surface area contributed by atoms with Crippen LogP contribution in [-0.2, 0) is 11.3 Å². The molecule has 0 spiro atoms. The van der Waals surface area contributed by atoms with Gasteiger partial charge in [0, 0.05) is 3.92 Å². The summed E-state index contributed by atoms with van der Waals surface area (Å²) in [7, 11) is 0. The van der Waals surface area contributed by atoms with Crippen LogP contribution in [0.5, 0.6) is 11.5 Å². The van der Waals surface area contributed by atoms with Gasteiger partial charge in [0.25, 0.3) is 0 Å². The van der Waals surface area contributed by atoms with E-state index >= 15 is 0 Å². The van der Waals surface area contributed by atoms with E-state index < -0.39 is 0 Å². The van der Waals surface area contributed by atoms with Gasteiger partial charge in [-0.05, 0) is 61.1 Å². The van der Waals surface area contributed by atoms with Gasteiger partial charge in [-0.15, -0.1) is 0 Å². The van der Waals surface area contributed by atoms with Crippen LogP contribution in [0.1, 0.15) is 50.5 Å². The van der Waals surface area contributed by atoms with E-state index in [1.165, 1.54) is 0 Å². The van der Waals surface area contributed by atoms with E-state index in [0.717, 1.165) is 13.1 Å². The second kappa shape index (κ2) is 13.2. The fourth-order valence-corrected chi connectivity index (χ4v) is 2.68. The van der Waals surface area contributed by atoms with Gasteiger partial charge in [0.2, 0.25) is 0 Å². The molecule has 0 radical (unpaired) electrons. The predicted molar refractivity (Wildman–Crippen MR) is 131 cm³/mol. The lowest BCUT2D eigenvalue weighted by Crippen LogP contribution is -2.11. The zero-order valence-electron chi connectivity index (χ0n) is 17.0. The van der Waals surface area contributed by atoms with Gasteiger partial charge < -0.3 is 14.2 Å². The van der Waals surface area contributed by atoms with Crippen molar-refractivity contribution in [1.29, 1.82) is 0 Å². The van der Waals surface area contributed by atoms with E-state index in [-0.39, 0.29) is 12.1 Å². The molecule has 0 saturated heterocycles. The highest BCUT2D eigenvalue weighted by Crippen LogP contribution is 2.33. The number of alkyl halides is 1. The maximum absolute atomic E-state index is 12.1. The van der Waals surface area contributed by atoms with E-state index in [4.69, 9.17) is 14.2 Å². The first-order valence-corrected chi connectivity index (χ1v) is 11.5. The number of benzene rings is 2. The number of carbonyl (C=O) groups excluding carboxylic acids is 1. The van der Waals surface area contributed by atoms with Crippen LogP contribution >= 0.6 is 45.2 Å². The molecule has 28 heavy (non-hydrogen) atoms. The molecule has 2 aromatic rings. The van der Waals surface area contributed by atoms with Crippen molar-refractivity contribution in [3.8, 4) is 11.5 Å². The Morgan fingerprint density at radius 2 is 1.61 bits per heavy atom. The number of esters is 1. The first-order chi connectivity index (χ1) is 13.2. The molecule has 0 bridgehead atoms. The van der Waals surface area contributed by atoms with Crippen molar-refractivity contribution < 1.29 is 19.0 Å². The molecule has 154 valence electrons. The molecule has 0 unspecified atom stereocenters. The second-order valence-electron chi connectivity index (χ2n) is 6.46. The molecule has 6 heteroatoms. The van der Waals surface area contributed by atoms with Gasteiger partial charge in [-0.2, -0.15) is 0 Å². The van der Waals surface area contributed by atoms with E-state index in [1.807, 2.05) is 44.2 Å². The standard InChI is InChI=1S/C19H21IO4.C3H7I/c1-4-22-19(21)15-10-16(18(20)17(11-15)24-13(2)3)23-12-14-8-6-5-7-9-14;1-3(2)4/h5-11,13H,4,12H2,1-3H3;3H,1-2H3. The molecule has 0 saturated carbocycles. The van der Waals surface area contributed by atoms with Crippen molar-refractivity contribution in [1.82, 2.24) is 0 Å². The van der Waals surface area contributed by atoms with Crippen LogP contribution in [0.4, 0.5) is 0 Å². The van der Waals surface area contributed by atoms with Crippen molar-refractivity contribution in [2.75, 3.05) is 6.61 Å². The monoisotopic (exact) mass is 610 g/mol. The van der Waals surface area contributed by atoms with E-state index in [1.54, 1.807) is 19.1 Å². The smallest absolute Gasteiger partial charge is 0.338 e. The third-order valence-corrected chi connectivity index (χ3v) is 4.18. The van der Waals surface area contributed by atoms with Crippen LogP contribution in [0.15, 0.2) is 42.5 Å². The lowest BCUT2D eigenvalue weighted by molar-refractivity contribution is 0.0525. The Kier molecular flexibility index (Phi) is 11.8. The van der Waals surface area contributed by atoms with Crippen molar-refractivity contribution in [2.24, 2.45) is 0 Å². The first kappa shape index (κ1) is 25.0. The number of hydrogen-bond donors (Lipinski definition) is 0. The van der Waals surface area contributed by atoms with Crippen molar-refractivity contribution >= 4 is 51.2 Å². The third kappa shape index (κ3) is 9.45. The van der Waals surface area contributed by atoms with Crippen LogP contribution in [0.25, 0.3) is 0 Å². The predicted octanol–water partition coefficient (Wildman–Crippen LogP) is 6.66. The van der Waals surface area contributed by atoms with Gasteiger partial charge in [0.05, 0.1) is 21.8 Å². The van der Waals surface area contributed by atoms with Gasteiger partial charge >= 0.3 is 5.97 Å².